The number of ether oxygens (including phenoxy) is 3. The van der Waals surface area contributed by atoms with Crippen LogP contribution in [0.3, 0.4) is 0 Å². The first-order chi connectivity index (χ1) is 17.2. The summed E-state index contributed by atoms with van der Waals surface area (Å²) in [6.07, 6.45) is -1.79. The Balaban J connectivity index is 1.71. The van der Waals surface area contributed by atoms with E-state index in [9.17, 15) is 13.0 Å². The molecule has 2 aliphatic heterocycles. The average Bonchev–Trinajstić information content (AvgIpc) is 3.34. The van der Waals surface area contributed by atoms with Gasteiger partial charge < -0.3 is 23.3 Å². The van der Waals surface area contributed by atoms with E-state index in [1.165, 1.54) is 0 Å². The van der Waals surface area contributed by atoms with Gasteiger partial charge in [-0.1, -0.05) is 48.0 Å². The summed E-state index contributed by atoms with van der Waals surface area (Å²) in [5.74, 6) is -0.562. The maximum Gasteiger partial charge on any atom is 0.361 e. The van der Waals surface area contributed by atoms with Crippen molar-refractivity contribution in [1.29, 1.82) is 0 Å². The third-order valence-corrected chi connectivity index (χ3v) is 10.9. The van der Waals surface area contributed by atoms with Crippen LogP contribution in [0.15, 0.2) is 70.6 Å². The van der Waals surface area contributed by atoms with Gasteiger partial charge in [-0.3, -0.25) is 4.57 Å². The van der Waals surface area contributed by atoms with E-state index in [0.717, 1.165) is 11.1 Å². The lowest BCUT2D eigenvalue weighted by atomic mass is 10.0. The zero-order chi connectivity index (χ0) is 25.9. The number of rotatable bonds is 11. The molecule has 0 aromatic heterocycles. The van der Waals surface area contributed by atoms with E-state index >= 15 is 0 Å². The molecule has 4 atom stereocenters. The minimum absolute atomic E-state index is 0.0148. The molecule has 2 aromatic carbocycles. The van der Waals surface area contributed by atoms with E-state index in [1.807, 2.05) is 37.3 Å². The van der Waals surface area contributed by atoms with E-state index in [1.54, 1.807) is 45.0 Å². The highest BCUT2D eigenvalue weighted by Gasteiger charge is 2.61. The van der Waals surface area contributed by atoms with Gasteiger partial charge in [-0.05, 0) is 45.4 Å². The fourth-order valence-electron chi connectivity index (χ4n) is 4.75. The topological polar surface area (TPSA) is 97.4 Å². The van der Waals surface area contributed by atoms with Crippen molar-refractivity contribution in [2.75, 3.05) is 19.8 Å². The zero-order valence-corrected chi connectivity index (χ0v) is 22.7. The van der Waals surface area contributed by atoms with Crippen molar-refractivity contribution in [3.63, 3.8) is 0 Å². The molecule has 2 heterocycles. The summed E-state index contributed by atoms with van der Waals surface area (Å²) >= 11 is 0. The molecule has 4 rings (SSSR count). The van der Waals surface area contributed by atoms with Crippen molar-refractivity contribution in [1.82, 2.24) is 0 Å². The number of aryl methyl sites for hydroxylation is 1. The van der Waals surface area contributed by atoms with Gasteiger partial charge >= 0.3 is 7.60 Å². The highest BCUT2D eigenvalue weighted by Crippen LogP contribution is 2.65. The average molecular weight is 537 g/mol. The molecule has 0 amide bonds. The van der Waals surface area contributed by atoms with Gasteiger partial charge in [-0.25, -0.2) is 8.42 Å². The third-order valence-electron chi connectivity index (χ3n) is 6.29. The Kier molecular flexibility index (Phi) is 8.39. The molecule has 0 unspecified atom stereocenters. The van der Waals surface area contributed by atoms with Crippen molar-refractivity contribution in [2.24, 2.45) is 5.92 Å². The number of hydrogen-bond acceptors (Lipinski definition) is 8. The second-order valence-corrected chi connectivity index (χ2v) is 12.9. The van der Waals surface area contributed by atoms with Crippen molar-refractivity contribution >= 4 is 17.4 Å². The van der Waals surface area contributed by atoms with Gasteiger partial charge in [0.15, 0.2) is 9.84 Å². The maximum atomic E-state index is 14.0. The molecule has 1 saturated heterocycles. The summed E-state index contributed by atoms with van der Waals surface area (Å²) < 4.78 is 71.1. The SMILES string of the molecule is CCOP(=O)(OCC)C1=C(C)O[C@H]2O[C@H](COCc3ccccc3)[C@H](S(=O)(=O)c3ccc(C)cc3)[C@@H]12. The minimum atomic E-state index is -3.95. The molecule has 0 radical (unpaired) electrons. The van der Waals surface area contributed by atoms with Crippen molar-refractivity contribution in [3.8, 4) is 0 Å². The lowest BCUT2D eigenvalue weighted by molar-refractivity contribution is -0.121. The van der Waals surface area contributed by atoms with Crippen molar-refractivity contribution in [2.45, 2.75) is 56.8 Å². The molecule has 8 nitrogen and oxygen atoms in total. The minimum Gasteiger partial charge on any atom is -0.468 e. The fourth-order valence-corrected chi connectivity index (χ4v) is 8.99. The number of fused-ring (bicyclic) bond motifs is 1. The smallest absolute Gasteiger partial charge is 0.361 e. The van der Waals surface area contributed by atoms with Crippen LogP contribution in [0.25, 0.3) is 0 Å². The summed E-state index contributed by atoms with van der Waals surface area (Å²) in [6, 6.07) is 16.2. The standard InChI is InChI=1S/C26H33O8PS/c1-5-31-35(27,32-6-2)24-19(4)33-26-23(24)25(36(28,29)21-14-12-18(3)13-15-21)22(34-26)17-30-16-20-10-8-7-9-11-20/h7-15,22-23,25-26H,5-6,16-17H2,1-4H3/t22-,23-,25+,26+/m1/s1. The molecule has 0 N–H and O–H groups in total. The summed E-state index contributed by atoms with van der Waals surface area (Å²) in [4.78, 5) is 0.155. The Morgan fingerprint density at radius 1 is 0.944 bits per heavy atom. The molecule has 0 spiro atoms. The predicted octanol–water partition coefficient (Wildman–Crippen LogP) is 5.22. The van der Waals surface area contributed by atoms with Gasteiger partial charge in [0, 0.05) is 0 Å². The van der Waals surface area contributed by atoms with Crippen LogP contribution in [0.5, 0.6) is 0 Å². The number of allylic oxidation sites excluding steroid dienone is 1. The highest BCUT2D eigenvalue weighted by atomic mass is 32.2. The third kappa shape index (κ3) is 5.32. The van der Waals surface area contributed by atoms with E-state index < -0.39 is 41.0 Å². The van der Waals surface area contributed by atoms with Crippen LogP contribution < -0.4 is 0 Å². The normalized spacial score (nSPS) is 24.1. The predicted molar refractivity (Wildman–Crippen MR) is 135 cm³/mol. The Morgan fingerprint density at radius 2 is 1.58 bits per heavy atom. The molecular formula is C26H33O8PS. The largest absolute Gasteiger partial charge is 0.468 e. The summed E-state index contributed by atoms with van der Waals surface area (Å²) in [5.41, 5.74) is 1.90. The van der Waals surface area contributed by atoms with Gasteiger partial charge in [-0.2, -0.15) is 0 Å². The lowest BCUT2D eigenvalue weighted by Gasteiger charge is -2.26. The van der Waals surface area contributed by atoms with Crippen LogP contribution >= 0.6 is 7.60 Å². The van der Waals surface area contributed by atoms with E-state index in [-0.39, 0.29) is 30.0 Å². The Hall–Kier alpha value is -2.00. The summed E-state index contributed by atoms with van der Waals surface area (Å²) in [6.45, 7) is 7.52. The second kappa shape index (κ2) is 11.2. The monoisotopic (exact) mass is 536 g/mol. The lowest BCUT2D eigenvalue weighted by Crippen LogP contribution is -2.38. The molecule has 2 aromatic rings. The molecule has 0 aliphatic carbocycles. The molecular weight excluding hydrogens is 503 g/mol. The first-order valence-corrected chi connectivity index (χ1v) is 15.1. The molecule has 2 aliphatic rings. The van der Waals surface area contributed by atoms with E-state index in [2.05, 4.69) is 0 Å². The molecule has 0 saturated carbocycles. The van der Waals surface area contributed by atoms with Crippen LogP contribution in [-0.2, 0) is 44.3 Å². The van der Waals surface area contributed by atoms with Gasteiger partial charge in [0.05, 0.1) is 42.6 Å². The van der Waals surface area contributed by atoms with Crippen LogP contribution in [0.1, 0.15) is 31.9 Å². The fraction of sp³-hybridized carbons (Fsp3) is 0.462. The van der Waals surface area contributed by atoms with Crippen LogP contribution in [0, 0.1) is 12.8 Å². The molecule has 0 bridgehead atoms. The quantitative estimate of drug-likeness (QED) is 0.361. The first-order valence-electron chi connectivity index (χ1n) is 12.1. The maximum absolute atomic E-state index is 14.0. The van der Waals surface area contributed by atoms with Crippen LogP contribution in [0.2, 0.25) is 0 Å². The van der Waals surface area contributed by atoms with Crippen LogP contribution in [-0.4, -0.2) is 45.9 Å². The summed E-state index contributed by atoms with van der Waals surface area (Å²) in [7, 11) is -7.78. The van der Waals surface area contributed by atoms with Gasteiger partial charge in [0.2, 0.25) is 6.29 Å². The number of hydrogen-bond donors (Lipinski definition) is 0. The highest BCUT2D eigenvalue weighted by molar-refractivity contribution is 7.92. The van der Waals surface area contributed by atoms with Gasteiger partial charge in [-0.15, -0.1) is 0 Å². The number of benzene rings is 2. The molecule has 1 fully saturated rings. The Morgan fingerprint density at radius 3 is 2.19 bits per heavy atom. The zero-order valence-electron chi connectivity index (χ0n) is 21.0. The Bertz CT molecular complexity index is 1220. The second-order valence-electron chi connectivity index (χ2n) is 8.78. The summed E-state index contributed by atoms with van der Waals surface area (Å²) in [5, 5.41) is -0.884. The van der Waals surface area contributed by atoms with Crippen molar-refractivity contribution in [3.05, 3.63) is 76.8 Å². The number of sulfone groups is 1. The van der Waals surface area contributed by atoms with E-state index in [4.69, 9.17) is 23.3 Å². The molecule has 196 valence electrons. The van der Waals surface area contributed by atoms with Gasteiger partial charge in [0.1, 0.15) is 17.1 Å². The van der Waals surface area contributed by atoms with Crippen molar-refractivity contribution < 1.29 is 36.2 Å². The molecule has 36 heavy (non-hydrogen) atoms. The van der Waals surface area contributed by atoms with E-state index in [0.29, 0.717) is 12.4 Å². The first kappa shape index (κ1) is 27.0. The van der Waals surface area contributed by atoms with Crippen LogP contribution in [0.4, 0.5) is 0 Å². The molecule has 10 heteroatoms. The Labute approximate surface area is 213 Å². The van der Waals surface area contributed by atoms with Gasteiger partial charge in [0.25, 0.3) is 0 Å².